The van der Waals surface area contributed by atoms with E-state index >= 15 is 0 Å². The Balaban J connectivity index is 1.28. The smallest absolute Gasteiger partial charge is 0.162 e. The number of hydrogen-bond donors (Lipinski definition) is 2. The molecule has 4 aromatic rings. The van der Waals surface area contributed by atoms with Crippen LogP contribution < -0.4 is 29.6 Å². The van der Waals surface area contributed by atoms with Crippen molar-refractivity contribution in [2.24, 2.45) is 0 Å². The Bertz CT molecular complexity index is 1450. The Morgan fingerprint density at radius 1 is 0.946 bits per heavy atom. The first-order chi connectivity index (χ1) is 18.0. The molecular formula is C28H26FN3O4S. The minimum Gasteiger partial charge on any atom is -0.493 e. The highest BCUT2D eigenvalue weighted by molar-refractivity contribution is 8.03. The van der Waals surface area contributed by atoms with E-state index in [1.165, 1.54) is 12.1 Å². The van der Waals surface area contributed by atoms with Crippen LogP contribution in [0.25, 0.3) is 10.9 Å². The van der Waals surface area contributed by atoms with Crippen molar-refractivity contribution in [2.75, 3.05) is 26.1 Å². The van der Waals surface area contributed by atoms with Crippen molar-refractivity contribution in [3.63, 3.8) is 0 Å². The average molecular weight is 520 g/mol. The van der Waals surface area contributed by atoms with E-state index < -0.39 is 5.82 Å². The molecule has 2 heterocycles. The topological polar surface area (TPSA) is 73.9 Å². The number of fused-ring (bicyclic) bond motifs is 1. The van der Waals surface area contributed by atoms with Gasteiger partial charge in [0.1, 0.15) is 29.7 Å². The first kappa shape index (κ1) is 24.6. The van der Waals surface area contributed by atoms with Gasteiger partial charge in [0.15, 0.2) is 11.5 Å². The van der Waals surface area contributed by atoms with E-state index in [0.29, 0.717) is 40.7 Å². The van der Waals surface area contributed by atoms with E-state index in [2.05, 4.69) is 22.5 Å². The van der Waals surface area contributed by atoms with Crippen molar-refractivity contribution in [2.45, 2.75) is 12.3 Å². The van der Waals surface area contributed by atoms with Crippen LogP contribution in [0.15, 0.2) is 78.0 Å². The largest absolute Gasteiger partial charge is 0.493 e. The Kier molecular flexibility index (Phi) is 7.23. The molecule has 1 aromatic heterocycles. The highest BCUT2D eigenvalue weighted by atomic mass is 32.2. The second-order valence-electron chi connectivity index (χ2n) is 8.28. The second-order valence-corrected chi connectivity index (χ2v) is 9.75. The van der Waals surface area contributed by atoms with Gasteiger partial charge in [-0.1, -0.05) is 0 Å². The maximum atomic E-state index is 14.2. The third-order valence-corrected chi connectivity index (χ3v) is 6.68. The molecule has 0 aliphatic carbocycles. The molecule has 0 saturated heterocycles. The predicted molar refractivity (Wildman–Crippen MR) is 145 cm³/mol. The third kappa shape index (κ3) is 5.83. The summed E-state index contributed by atoms with van der Waals surface area (Å²) in [6.07, 6.45) is 3.65. The SMILES string of the molecule is COc1cc2nccc(Nc3ccc(Oc4cc(F)cc(OCC5=CNC(C)S5)c4)cc3)c2cc1OC. The summed E-state index contributed by atoms with van der Waals surface area (Å²) >= 11 is 1.68. The first-order valence-electron chi connectivity index (χ1n) is 11.6. The van der Waals surface area contributed by atoms with Crippen LogP contribution in [0.1, 0.15) is 6.92 Å². The summed E-state index contributed by atoms with van der Waals surface area (Å²) in [5.74, 6) is 2.15. The number of nitrogens with one attached hydrogen (secondary N) is 2. The van der Waals surface area contributed by atoms with Gasteiger partial charge in [-0.05, 0) is 43.3 Å². The molecule has 190 valence electrons. The van der Waals surface area contributed by atoms with Crippen molar-refractivity contribution in [3.8, 4) is 28.7 Å². The fraction of sp³-hybridized carbons (Fsp3) is 0.179. The molecule has 0 fully saturated rings. The number of hydrogen-bond acceptors (Lipinski definition) is 8. The quantitative estimate of drug-likeness (QED) is 0.249. The Morgan fingerprint density at radius 2 is 1.70 bits per heavy atom. The lowest BCUT2D eigenvalue weighted by atomic mass is 10.1. The number of methoxy groups -OCH3 is 2. The molecule has 1 atom stereocenters. The maximum Gasteiger partial charge on any atom is 0.162 e. The Labute approximate surface area is 218 Å². The van der Waals surface area contributed by atoms with Crippen LogP contribution in [0.3, 0.4) is 0 Å². The molecule has 2 N–H and O–H groups in total. The average Bonchev–Trinajstić information content (AvgIpc) is 3.32. The molecular weight excluding hydrogens is 493 g/mol. The lowest BCUT2D eigenvalue weighted by Gasteiger charge is -2.13. The lowest BCUT2D eigenvalue weighted by molar-refractivity contribution is 0.354. The molecule has 9 heteroatoms. The molecule has 5 rings (SSSR count). The summed E-state index contributed by atoms with van der Waals surface area (Å²) in [5.41, 5.74) is 2.50. The normalized spacial score (nSPS) is 14.6. The summed E-state index contributed by atoms with van der Waals surface area (Å²) in [6.45, 7) is 2.44. The molecule has 0 bridgehead atoms. The third-order valence-electron chi connectivity index (χ3n) is 5.65. The van der Waals surface area contributed by atoms with Crippen molar-refractivity contribution in [1.82, 2.24) is 10.3 Å². The maximum absolute atomic E-state index is 14.2. The number of thioether (sulfide) groups is 1. The highest BCUT2D eigenvalue weighted by Crippen LogP contribution is 2.36. The van der Waals surface area contributed by atoms with Gasteiger partial charge in [-0.15, -0.1) is 11.8 Å². The molecule has 1 aliphatic heterocycles. The summed E-state index contributed by atoms with van der Waals surface area (Å²) in [4.78, 5) is 5.49. The highest BCUT2D eigenvalue weighted by Gasteiger charge is 2.14. The number of halogens is 1. The number of ether oxygens (including phenoxy) is 4. The molecule has 0 spiro atoms. The zero-order valence-corrected chi connectivity index (χ0v) is 21.4. The van der Waals surface area contributed by atoms with Gasteiger partial charge < -0.3 is 29.6 Å². The summed E-state index contributed by atoms with van der Waals surface area (Å²) in [5, 5.41) is 7.81. The lowest BCUT2D eigenvalue weighted by Crippen LogP contribution is -2.09. The van der Waals surface area contributed by atoms with Gasteiger partial charge in [0.05, 0.1) is 25.1 Å². The molecule has 7 nitrogen and oxygen atoms in total. The van der Waals surface area contributed by atoms with Crippen LogP contribution in [0, 0.1) is 5.82 Å². The standard InChI is InChI=1S/C28H26FN3O4S/c1-17-31-15-23(37-17)16-35-21-10-18(29)11-22(12-21)36-20-6-4-19(5-7-20)32-25-8-9-30-26-14-28(34-3)27(33-2)13-24(25)26/h4-15,17,31H,16H2,1-3H3,(H,30,32). The van der Waals surface area contributed by atoms with E-state index in [1.807, 2.05) is 48.7 Å². The van der Waals surface area contributed by atoms with Gasteiger partial charge in [0.2, 0.25) is 0 Å². The Hall–Kier alpha value is -4.11. The Morgan fingerprint density at radius 3 is 2.43 bits per heavy atom. The van der Waals surface area contributed by atoms with E-state index in [9.17, 15) is 4.39 Å². The molecule has 1 aliphatic rings. The van der Waals surface area contributed by atoms with Crippen LogP contribution >= 0.6 is 11.8 Å². The van der Waals surface area contributed by atoms with Crippen molar-refractivity contribution < 1.29 is 23.3 Å². The molecule has 0 amide bonds. The fourth-order valence-corrected chi connectivity index (χ4v) is 4.75. The van der Waals surface area contributed by atoms with E-state index in [-0.39, 0.29) is 0 Å². The predicted octanol–water partition coefficient (Wildman–Crippen LogP) is 6.83. The zero-order chi connectivity index (χ0) is 25.8. The van der Waals surface area contributed by atoms with Crippen LogP contribution in [0.2, 0.25) is 0 Å². The van der Waals surface area contributed by atoms with E-state index in [0.717, 1.165) is 27.2 Å². The molecule has 0 radical (unpaired) electrons. The van der Waals surface area contributed by atoms with Crippen LogP contribution in [-0.2, 0) is 0 Å². The number of aromatic nitrogens is 1. The molecule has 1 unspecified atom stereocenters. The number of benzene rings is 3. The minimum atomic E-state index is -0.429. The van der Waals surface area contributed by atoms with Crippen molar-refractivity contribution >= 4 is 34.0 Å². The van der Waals surface area contributed by atoms with E-state index in [4.69, 9.17) is 18.9 Å². The molecule has 37 heavy (non-hydrogen) atoms. The van der Waals surface area contributed by atoms with Crippen molar-refractivity contribution in [3.05, 3.63) is 83.8 Å². The van der Waals surface area contributed by atoms with Crippen molar-refractivity contribution in [1.29, 1.82) is 0 Å². The minimum absolute atomic E-state index is 0.311. The number of pyridine rings is 1. The molecule has 3 aromatic carbocycles. The summed E-state index contributed by atoms with van der Waals surface area (Å²) in [6, 6.07) is 17.4. The number of nitrogens with zero attached hydrogens (tertiary/aromatic N) is 1. The van der Waals surface area contributed by atoms with Gasteiger partial charge in [0, 0.05) is 58.3 Å². The number of rotatable bonds is 9. The van der Waals surface area contributed by atoms with Gasteiger partial charge in [-0.3, -0.25) is 4.98 Å². The van der Waals surface area contributed by atoms with Crippen LogP contribution in [-0.4, -0.2) is 31.2 Å². The summed E-state index contributed by atoms with van der Waals surface area (Å²) in [7, 11) is 3.20. The van der Waals surface area contributed by atoms with Gasteiger partial charge >= 0.3 is 0 Å². The van der Waals surface area contributed by atoms with Gasteiger partial charge in [0.25, 0.3) is 0 Å². The van der Waals surface area contributed by atoms with Crippen LogP contribution in [0.4, 0.5) is 15.8 Å². The molecule has 0 saturated carbocycles. The number of anilines is 2. The van der Waals surface area contributed by atoms with Gasteiger partial charge in [-0.25, -0.2) is 4.39 Å². The van der Waals surface area contributed by atoms with E-state index in [1.54, 1.807) is 38.2 Å². The zero-order valence-electron chi connectivity index (χ0n) is 20.6. The summed E-state index contributed by atoms with van der Waals surface area (Å²) < 4.78 is 36.7. The van der Waals surface area contributed by atoms with Crippen LogP contribution in [0.5, 0.6) is 28.7 Å². The second kappa shape index (κ2) is 10.9. The van der Waals surface area contributed by atoms with Gasteiger partial charge in [-0.2, -0.15) is 0 Å². The first-order valence-corrected chi connectivity index (χ1v) is 12.5. The monoisotopic (exact) mass is 519 g/mol. The fourth-order valence-electron chi connectivity index (χ4n) is 3.89.